The van der Waals surface area contributed by atoms with Crippen LogP contribution in [0.15, 0.2) is 35.4 Å². The number of fused-ring (bicyclic) bond motifs is 1. The number of esters is 1. The minimum atomic E-state index is -3.98. The summed E-state index contributed by atoms with van der Waals surface area (Å²) in [5.41, 5.74) is 0.595. The molecule has 4 rings (SSSR count). The summed E-state index contributed by atoms with van der Waals surface area (Å²) in [4.78, 5) is 24.6. The molecule has 1 fully saturated rings. The van der Waals surface area contributed by atoms with E-state index in [0.717, 1.165) is 0 Å². The van der Waals surface area contributed by atoms with Gasteiger partial charge in [0.2, 0.25) is 22.7 Å². The molecule has 30 heavy (non-hydrogen) atoms. The minimum absolute atomic E-state index is 0.0619. The van der Waals surface area contributed by atoms with Crippen molar-refractivity contribution in [1.82, 2.24) is 8.87 Å². The first-order chi connectivity index (χ1) is 14.3. The standard InChI is InChI=1S/C19H21N3O7S/c1-21-10-13(9-15(21)19(24)27-2)30(25,26)22-7-3-4-14(22)18(23)20-12-5-6-16-17(8-12)29-11-28-16/h5-6,8-10,14H,3-4,7,11H2,1-2H3,(H,20,23). The maximum Gasteiger partial charge on any atom is 0.354 e. The lowest BCUT2D eigenvalue weighted by Gasteiger charge is -2.23. The first-order valence-electron chi connectivity index (χ1n) is 9.28. The monoisotopic (exact) mass is 435 g/mol. The van der Waals surface area contributed by atoms with E-state index in [0.29, 0.717) is 30.0 Å². The summed E-state index contributed by atoms with van der Waals surface area (Å²) < 4.78 is 44.1. The largest absolute Gasteiger partial charge is 0.464 e. The third-order valence-corrected chi connectivity index (χ3v) is 7.00. The molecule has 1 N–H and O–H groups in total. The molecule has 1 aromatic heterocycles. The first kappa shape index (κ1) is 20.2. The number of nitrogens with one attached hydrogen (secondary N) is 1. The van der Waals surface area contributed by atoms with E-state index in [4.69, 9.17) is 9.47 Å². The molecule has 160 valence electrons. The zero-order chi connectivity index (χ0) is 21.5. The Balaban J connectivity index is 1.55. The number of benzene rings is 1. The summed E-state index contributed by atoms with van der Waals surface area (Å²) >= 11 is 0. The number of nitrogens with zero attached hydrogens (tertiary/aromatic N) is 2. The van der Waals surface area contributed by atoms with Gasteiger partial charge in [-0.15, -0.1) is 0 Å². The second kappa shape index (κ2) is 7.65. The van der Waals surface area contributed by atoms with Gasteiger partial charge < -0.3 is 24.1 Å². The third kappa shape index (κ3) is 3.50. The van der Waals surface area contributed by atoms with E-state index in [2.05, 4.69) is 10.1 Å². The minimum Gasteiger partial charge on any atom is -0.464 e. The SMILES string of the molecule is COC(=O)c1cc(S(=O)(=O)N2CCCC2C(=O)Nc2ccc3c(c2)OCO3)cn1C. The van der Waals surface area contributed by atoms with E-state index in [1.165, 1.54) is 28.2 Å². The van der Waals surface area contributed by atoms with Gasteiger partial charge in [0.15, 0.2) is 11.5 Å². The molecule has 0 aliphatic carbocycles. The fourth-order valence-electron chi connectivity index (χ4n) is 3.61. The molecular formula is C19H21N3O7S. The van der Waals surface area contributed by atoms with Crippen molar-refractivity contribution in [3.63, 3.8) is 0 Å². The summed E-state index contributed by atoms with van der Waals surface area (Å²) in [6.45, 7) is 0.329. The van der Waals surface area contributed by atoms with Crippen LogP contribution >= 0.6 is 0 Å². The average molecular weight is 435 g/mol. The predicted octanol–water partition coefficient (Wildman–Crippen LogP) is 1.33. The lowest BCUT2D eigenvalue weighted by Crippen LogP contribution is -2.43. The highest BCUT2D eigenvalue weighted by atomic mass is 32.2. The van der Waals surface area contributed by atoms with Crippen LogP contribution in [0.4, 0.5) is 5.69 Å². The van der Waals surface area contributed by atoms with Gasteiger partial charge in [0, 0.05) is 31.5 Å². The van der Waals surface area contributed by atoms with Crippen molar-refractivity contribution in [3.05, 3.63) is 36.2 Å². The van der Waals surface area contributed by atoms with E-state index in [-0.39, 0.29) is 23.9 Å². The van der Waals surface area contributed by atoms with Gasteiger partial charge in [0.05, 0.1) is 7.11 Å². The molecule has 1 aromatic carbocycles. The lowest BCUT2D eigenvalue weighted by atomic mass is 10.2. The summed E-state index contributed by atoms with van der Waals surface area (Å²) in [5, 5.41) is 2.75. The maximum atomic E-state index is 13.2. The molecule has 10 nitrogen and oxygen atoms in total. The Morgan fingerprint density at radius 1 is 1.20 bits per heavy atom. The van der Waals surface area contributed by atoms with Crippen LogP contribution in [0, 0.1) is 0 Å². The van der Waals surface area contributed by atoms with Crippen LogP contribution in [0.2, 0.25) is 0 Å². The van der Waals surface area contributed by atoms with Crippen LogP contribution in [0.25, 0.3) is 0 Å². The zero-order valence-corrected chi connectivity index (χ0v) is 17.3. The smallest absolute Gasteiger partial charge is 0.354 e. The van der Waals surface area contributed by atoms with E-state index in [9.17, 15) is 18.0 Å². The van der Waals surface area contributed by atoms with Gasteiger partial charge in [-0.2, -0.15) is 4.31 Å². The van der Waals surface area contributed by atoms with E-state index >= 15 is 0 Å². The van der Waals surface area contributed by atoms with Gasteiger partial charge in [-0.1, -0.05) is 0 Å². The highest BCUT2D eigenvalue weighted by Crippen LogP contribution is 2.35. The number of carbonyl (C=O) groups is 2. The second-order valence-corrected chi connectivity index (χ2v) is 8.89. The van der Waals surface area contributed by atoms with Gasteiger partial charge in [0.1, 0.15) is 16.6 Å². The number of hydrogen-bond acceptors (Lipinski definition) is 7. The van der Waals surface area contributed by atoms with Gasteiger partial charge >= 0.3 is 5.97 Å². The van der Waals surface area contributed by atoms with Crippen molar-refractivity contribution in [2.75, 3.05) is 25.8 Å². The number of aromatic nitrogens is 1. The fourth-order valence-corrected chi connectivity index (χ4v) is 5.34. The summed E-state index contributed by atoms with van der Waals surface area (Å²) in [7, 11) is -1.20. The Bertz CT molecular complexity index is 1110. The van der Waals surface area contributed by atoms with Crippen LogP contribution in [-0.2, 0) is 26.6 Å². The van der Waals surface area contributed by atoms with E-state index < -0.39 is 27.9 Å². The number of anilines is 1. The van der Waals surface area contributed by atoms with Crippen molar-refractivity contribution in [2.24, 2.45) is 7.05 Å². The normalized spacial score (nSPS) is 18.4. The number of sulfonamides is 1. The van der Waals surface area contributed by atoms with Gasteiger partial charge in [0.25, 0.3) is 0 Å². The van der Waals surface area contributed by atoms with E-state index in [1.807, 2.05) is 0 Å². The Kier molecular flexibility index (Phi) is 5.16. The number of hydrogen-bond donors (Lipinski definition) is 1. The lowest BCUT2D eigenvalue weighted by molar-refractivity contribution is -0.119. The Morgan fingerprint density at radius 2 is 1.97 bits per heavy atom. The molecule has 3 heterocycles. The Labute approximate surface area is 173 Å². The molecule has 1 amide bonds. The predicted molar refractivity (Wildman–Crippen MR) is 105 cm³/mol. The van der Waals surface area contributed by atoms with Crippen molar-refractivity contribution >= 4 is 27.6 Å². The molecule has 1 unspecified atom stereocenters. The Morgan fingerprint density at radius 3 is 2.73 bits per heavy atom. The highest BCUT2D eigenvalue weighted by Gasteiger charge is 2.40. The van der Waals surface area contributed by atoms with E-state index in [1.54, 1.807) is 25.2 Å². The second-order valence-electron chi connectivity index (χ2n) is 6.99. The van der Waals surface area contributed by atoms with Crippen molar-refractivity contribution < 1.29 is 32.2 Å². The maximum absolute atomic E-state index is 13.2. The highest BCUT2D eigenvalue weighted by molar-refractivity contribution is 7.89. The van der Waals surface area contributed by atoms with Crippen LogP contribution in [0.1, 0.15) is 23.3 Å². The third-order valence-electron chi connectivity index (χ3n) is 5.13. The van der Waals surface area contributed by atoms with Gasteiger partial charge in [-0.25, -0.2) is 13.2 Å². The summed E-state index contributed by atoms with van der Waals surface area (Å²) in [5.74, 6) is 0.0309. The van der Waals surface area contributed by atoms with Crippen molar-refractivity contribution in [1.29, 1.82) is 0 Å². The zero-order valence-electron chi connectivity index (χ0n) is 16.5. The first-order valence-corrected chi connectivity index (χ1v) is 10.7. The number of rotatable bonds is 5. The molecule has 1 atom stereocenters. The number of carbonyl (C=O) groups excluding carboxylic acids is 2. The van der Waals surface area contributed by atoms with Crippen molar-refractivity contribution in [2.45, 2.75) is 23.8 Å². The molecule has 1 saturated heterocycles. The van der Waals surface area contributed by atoms with Crippen molar-refractivity contribution in [3.8, 4) is 11.5 Å². The molecule has 0 saturated carbocycles. The van der Waals surface area contributed by atoms with Gasteiger partial charge in [-0.05, 0) is 31.0 Å². The summed E-state index contributed by atoms with van der Waals surface area (Å²) in [6.07, 6.45) is 2.29. The number of methoxy groups -OCH3 is 1. The average Bonchev–Trinajstić information content (AvgIpc) is 3.46. The number of aryl methyl sites for hydroxylation is 1. The quantitative estimate of drug-likeness (QED) is 0.705. The van der Waals surface area contributed by atoms with Crippen LogP contribution in [0.5, 0.6) is 11.5 Å². The Hall–Kier alpha value is -3.05. The molecule has 0 bridgehead atoms. The molecule has 11 heteroatoms. The molecule has 2 aliphatic heterocycles. The number of ether oxygens (including phenoxy) is 3. The molecule has 2 aliphatic rings. The molecular weight excluding hydrogens is 414 g/mol. The van der Waals surface area contributed by atoms with Gasteiger partial charge in [-0.3, -0.25) is 4.79 Å². The summed E-state index contributed by atoms with van der Waals surface area (Å²) in [6, 6.07) is 5.38. The van der Waals surface area contributed by atoms with Crippen LogP contribution in [-0.4, -0.2) is 55.7 Å². The molecule has 0 spiro atoms. The molecule has 2 aromatic rings. The topological polar surface area (TPSA) is 116 Å². The number of amides is 1. The molecule has 0 radical (unpaired) electrons. The van der Waals surface area contributed by atoms with Crippen LogP contribution in [0.3, 0.4) is 0 Å². The fraction of sp³-hybridized carbons (Fsp3) is 0.368. The van der Waals surface area contributed by atoms with Crippen LogP contribution < -0.4 is 14.8 Å².